The monoisotopic (exact) mass is 223 g/mol. The minimum atomic E-state index is -1.04. The number of fused-ring (bicyclic) bond motifs is 1. The molecule has 0 unspecified atom stereocenters. The van der Waals surface area contributed by atoms with E-state index in [0.29, 0.717) is 18.7 Å². The standard InChI is InChI=1S/C11H13NO4/c1-16-8-6-9(13)12-5-3-2-4-7(12)10(8)11(14)15/h6H,2-5H2,1H3,(H,14,15). The predicted octanol–water partition coefficient (Wildman–Crippen LogP) is 0.891. The number of methoxy groups -OCH3 is 1. The minimum Gasteiger partial charge on any atom is -0.496 e. The summed E-state index contributed by atoms with van der Waals surface area (Å²) in [6.07, 6.45) is 2.44. The van der Waals surface area contributed by atoms with Crippen molar-refractivity contribution in [3.63, 3.8) is 0 Å². The smallest absolute Gasteiger partial charge is 0.341 e. The number of hydrogen-bond donors (Lipinski definition) is 1. The minimum absolute atomic E-state index is 0.127. The highest BCUT2D eigenvalue weighted by Crippen LogP contribution is 2.24. The van der Waals surface area contributed by atoms with Gasteiger partial charge in [-0.25, -0.2) is 4.79 Å². The molecule has 0 bridgehead atoms. The van der Waals surface area contributed by atoms with Crippen LogP contribution in [0, 0.1) is 0 Å². The van der Waals surface area contributed by atoms with Crippen molar-refractivity contribution in [2.45, 2.75) is 25.8 Å². The van der Waals surface area contributed by atoms with Gasteiger partial charge < -0.3 is 14.4 Å². The summed E-state index contributed by atoms with van der Waals surface area (Å²) in [5.74, 6) is -0.881. The van der Waals surface area contributed by atoms with Crippen LogP contribution in [0.2, 0.25) is 0 Å². The fourth-order valence-electron chi connectivity index (χ4n) is 2.13. The third-order valence-corrected chi connectivity index (χ3v) is 2.86. The average Bonchev–Trinajstić information content (AvgIpc) is 2.28. The zero-order valence-electron chi connectivity index (χ0n) is 9.02. The number of aromatic carboxylic acids is 1. The van der Waals surface area contributed by atoms with Gasteiger partial charge >= 0.3 is 5.97 Å². The molecule has 1 aromatic heterocycles. The highest BCUT2D eigenvalue weighted by atomic mass is 16.5. The number of rotatable bonds is 2. The lowest BCUT2D eigenvalue weighted by atomic mass is 10.0. The molecule has 1 N–H and O–H groups in total. The largest absolute Gasteiger partial charge is 0.496 e. The number of pyridine rings is 1. The first kappa shape index (κ1) is 10.7. The van der Waals surface area contributed by atoms with E-state index in [4.69, 9.17) is 9.84 Å². The van der Waals surface area contributed by atoms with E-state index in [9.17, 15) is 9.59 Å². The number of carbonyl (C=O) groups is 1. The fourth-order valence-corrected chi connectivity index (χ4v) is 2.13. The molecule has 16 heavy (non-hydrogen) atoms. The molecule has 0 fully saturated rings. The first-order valence-electron chi connectivity index (χ1n) is 5.19. The molecule has 0 amide bonds. The van der Waals surface area contributed by atoms with Crippen molar-refractivity contribution in [3.05, 3.63) is 27.7 Å². The van der Waals surface area contributed by atoms with Gasteiger partial charge in [0, 0.05) is 18.3 Å². The first-order valence-corrected chi connectivity index (χ1v) is 5.19. The Bertz CT molecular complexity index is 489. The van der Waals surface area contributed by atoms with E-state index < -0.39 is 5.97 Å². The Labute approximate surface area is 92.3 Å². The van der Waals surface area contributed by atoms with Gasteiger partial charge in [0.15, 0.2) is 0 Å². The van der Waals surface area contributed by atoms with Gasteiger partial charge in [-0.05, 0) is 19.3 Å². The third kappa shape index (κ3) is 1.58. The predicted molar refractivity (Wildman–Crippen MR) is 57.2 cm³/mol. The number of nitrogens with zero attached hydrogens (tertiary/aromatic N) is 1. The molecule has 5 nitrogen and oxygen atoms in total. The second-order valence-electron chi connectivity index (χ2n) is 3.79. The highest BCUT2D eigenvalue weighted by Gasteiger charge is 2.23. The molecule has 1 aliphatic heterocycles. The van der Waals surface area contributed by atoms with Crippen molar-refractivity contribution in [2.75, 3.05) is 7.11 Å². The van der Waals surface area contributed by atoms with Crippen molar-refractivity contribution in [1.29, 1.82) is 0 Å². The number of carboxylic acid groups (broad SMARTS) is 1. The van der Waals surface area contributed by atoms with Gasteiger partial charge in [-0.3, -0.25) is 4.79 Å². The quantitative estimate of drug-likeness (QED) is 0.808. The molecule has 1 aliphatic rings. The van der Waals surface area contributed by atoms with E-state index in [-0.39, 0.29) is 16.9 Å². The van der Waals surface area contributed by atoms with Crippen LogP contribution in [0.5, 0.6) is 5.75 Å². The van der Waals surface area contributed by atoms with Crippen LogP contribution >= 0.6 is 0 Å². The Morgan fingerprint density at radius 1 is 1.50 bits per heavy atom. The molecule has 2 heterocycles. The van der Waals surface area contributed by atoms with Gasteiger partial charge in [0.2, 0.25) is 0 Å². The second kappa shape index (κ2) is 4.00. The first-order chi connectivity index (χ1) is 7.65. The normalized spacial score (nSPS) is 14.3. The molecule has 5 heteroatoms. The Kier molecular flexibility index (Phi) is 2.68. The average molecular weight is 223 g/mol. The Morgan fingerprint density at radius 2 is 2.25 bits per heavy atom. The fraction of sp³-hybridized carbons (Fsp3) is 0.455. The third-order valence-electron chi connectivity index (χ3n) is 2.86. The number of hydrogen-bond acceptors (Lipinski definition) is 3. The van der Waals surface area contributed by atoms with Gasteiger partial charge in [0.05, 0.1) is 7.11 Å². The van der Waals surface area contributed by atoms with E-state index in [2.05, 4.69) is 0 Å². The maximum atomic E-state index is 11.7. The molecule has 86 valence electrons. The van der Waals surface area contributed by atoms with E-state index in [1.165, 1.54) is 17.7 Å². The second-order valence-corrected chi connectivity index (χ2v) is 3.79. The lowest BCUT2D eigenvalue weighted by molar-refractivity contribution is 0.0690. The molecular formula is C11H13NO4. The maximum absolute atomic E-state index is 11.7. The lowest BCUT2D eigenvalue weighted by Crippen LogP contribution is -2.29. The zero-order chi connectivity index (χ0) is 11.7. The summed E-state index contributed by atoms with van der Waals surface area (Å²) >= 11 is 0. The van der Waals surface area contributed by atoms with Crippen molar-refractivity contribution in [1.82, 2.24) is 4.57 Å². The van der Waals surface area contributed by atoms with E-state index in [1.807, 2.05) is 0 Å². The summed E-state index contributed by atoms with van der Waals surface area (Å²) in [6.45, 7) is 0.596. The van der Waals surface area contributed by atoms with Crippen LogP contribution in [0.25, 0.3) is 0 Å². The number of ether oxygens (including phenoxy) is 1. The Hall–Kier alpha value is -1.78. The van der Waals surface area contributed by atoms with Crippen LogP contribution in [0.3, 0.4) is 0 Å². The van der Waals surface area contributed by atoms with E-state index in [1.54, 1.807) is 0 Å². The summed E-state index contributed by atoms with van der Waals surface area (Å²) in [5, 5.41) is 9.15. The summed E-state index contributed by atoms with van der Waals surface area (Å²) in [4.78, 5) is 22.9. The van der Waals surface area contributed by atoms with Crippen LogP contribution in [-0.4, -0.2) is 22.8 Å². The number of aromatic nitrogens is 1. The zero-order valence-corrected chi connectivity index (χ0v) is 9.02. The lowest BCUT2D eigenvalue weighted by Gasteiger charge is -2.21. The van der Waals surface area contributed by atoms with Crippen LogP contribution in [0.4, 0.5) is 0 Å². The summed E-state index contributed by atoms with van der Waals surface area (Å²) < 4.78 is 6.50. The van der Waals surface area contributed by atoms with Crippen LogP contribution in [-0.2, 0) is 13.0 Å². The van der Waals surface area contributed by atoms with Gasteiger partial charge in [0.25, 0.3) is 5.56 Å². The summed E-state index contributed by atoms with van der Waals surface area (Å²) in [5.41, 5.74) is 0.529. The van der Waals surface area contributed by atoms with E-state index >= 15 is 0 Å². The Balaban J connectivity index is 2.73. The molecule has 0 saturated carbocycles. The molecule has 0 aliphatic carbocycles. The molecule has 0 saturated heterocycles. The van der Waals surface area contributed by atoms with Gasteiger partial charge in [-0.2, -0.15) is 0 Å². The van der Waals surface area contributed by atoms with Crippen molar-refractivity contribution < 1.29 is 14.6 Å². The van der Waals surface area contributed by atoms with Gasteiger partial charge in [0.1, 0.15) is 11.3 Å². The molecule has 0 radical (unpaired) electrons. The Morgan fingerprint density at radius 3 is 2.88 bits per heavy atom. The van der Waals surface area contributed by atoms with Crippen molar-refractivity contribution in [3.8, 4) is 5.75 Å². The van der Waals surface area contributed by atoms with Crippen LogP contribution < -0.4 is 10.3 Å². The molecule has 0 atom stereocenters. The van der Waals surface area contributed by atoms with E-state index in [0.717, 1.165) is 12.8 Å². The van der Waals surface area contributed by atoms with Crippen molar-refractivity contribution >= 4 is 5.97 Å². The van der Waals surface area contributed by atoms with Crippen molar-refractivity contribution in [2.24, 2.45) is 0 Å². The molecule has 1 aromatic rings. The maximum Gasteiger partial charge on any atom is 0.341 e. The molecular weight excluding hydrogens is 210 g/mol. The van der Waals surface area contributed by atoms with Gasteiger partial charge in [-0.15, -0.1) is 0 Å². The highest BCUT2D eigenvalue weighted by molar-refractivity contribution is 5.92. The number of carboxylic acids is 1. The summed E-state index contributed by atoms with van der Waals surface area (Å²) in [6, 6.07) is 1.25. The molecule has 0 aromatic carbocycles. The SMILES string of the molecule is COc1cc(=O)n2c(c1C(=O)O)CCCC2. The topological polar surface area (TPSA) is 68.5 Å². The molecule has 2 rings (SSSR count). The van der Waals surface area contributed by atoms with Gasteiger partial charge in [-0.1, -0.05) is 0 Å². The van der Waals surface area contributed by atoms with Crippen LogP contribution in [0.1, 0.15) is 28.9 Å². The van der Waals surface area contributed by atoms with Crippen LogP contribution in [0.15, 0.2) is 10.9 Å². The molecule has 0 spiro atoms. The summed E-state index contributed by atoms with van der Waals surface area (Å²) in [7, 11) is 1.38.